The molecule has 3 aromatic rings. The zero-order chi connectivity index (χ0) is 14.1. The fraction of sp³-hybridized carbons (Fsp3) is 0.133. The van der Waals surface area contributed by atoms with E-state index in [4.69, 9.17) is 10.2 Å². The molecule has 2 aromatic heterocycles. The molecule has 5 nitrogen and oxygen atoms in total. The van der Waals surface area contributed by atoms with E-state index in [0.717, 1.165) is 22.4 Å². The van der Waals surface area contributed by atoms with Crippen molar-refractivity contribution in [1.29, 1.82) is 0 Å². The monoisotopic (exact) mass is 269 g/mol. The lowest BCUT2D eigenvalue weighted by Gasteiger charge is -2.00. The molecule has 0 radical (unpaired) electrons. The van der Waals surface area contributed by atoms with E-state index in [9.17, 15) is 4.79 Å². The number of anilines is 1. The number of hydrogen-bond acceptors (Lipinski definition) is 3. The van der Waals surface area contributed by atoms with Crippen molar-refractivity contribution in [2.45, 2.75) is 13.5 Å². The van der Waals surface area contributed by atoms with E-state index >= 15 is 0 Å². The number of fused-ring (bicyclic) bond motifs is 1. The first-order valence-electron chi connectivity index (χ1n) is 6.34. The average Bonchev–Trinajstić information content (AvgIpc) is 3.03. The number of para-hydroxylation sites is 1. The van der Waals surface area contributed by atoms with Gasteiger partial charge in [0.1, 0.15) is 17.2 Å². The number of carbonyl (C=O) groups excluding carboxylic acids is 1. The minimum Gasteiger partial charge on any atom is -0.465 e. The van der Waals surface area contributed by atoms with Crippen LogP contribution in [-0.2, 0) is 6.54 Å². The molecule has 0 fully saturated rings. The Morgan fingerprint density at radius 1 is 1.35 bits per heavy atom. The van der Waals surface area contributed by atoms with Crippen LogP contribution >= 0.6 is 0 Å². The Bertz CT molecular complexity index is 770. The van der Waals surface area contributed by atoms with E-state index in [2.05, 4.69) is 10.3 Å². The van der Waals surface area contributed by atoms with Gasteiger partial charge in [-0.2, -0.15) is 0 Å². The van der Waals surface area contributed by atoms with Gasteiger partial charge in [-0.3, -0.25) is 4.79 Å². The molecule has 20 heavy (non-hydrogen) atoms. The van der Waals surface area contributed by atoms with Gasteiger partial charge in [0.25, 0.3) is 5.91 Å². The maximum Gasteiger partial charge on any atom is 0.268 e. The fourth-order valence-electron chi connectivity index (χ4n) is 2.14. The maximum atomic E-state index is 12.1. The number of benzene rings is 1. The van der Waals surface area contributed by atoms with Crippen molar-refractivity contribution < 1.29 is 9.21 Å². The number of nitrogens with one attached hydrogen (secondary N) is 2. The van der Waals surface area contributed by atoms with Gasteiger partial charge < -0.3 is 20.5 Å². The van der Waals surface area contributed by atoms with Gasteiger partial charge in [-0.1, -0.05) is 12.1 Å². The van der Waals surface area contributed by atoms with Crippen LogP contribution in [0.5, 0.6) is 0 Å². The van der Waals surface area contributed by atoms with Crippen LogP contribution in [0, 0.1) is 6.92 Å². The first-order chi connectivity index (χ1) is 9.63. The van der Waals surface area contributed by atoms with Crippen molar-refractivity contribution in [3.8, 4) is 0 Å². The Morgan fingerprint density at radius 2 is 2.20 bits per heavy atom. The Morgan fingerprint density at radius 3 is 2.90 bits per heavy atom. The Balaban J connectivity index is 1.77. The lowest BCUT2D eigenvalue weighted by atomic mass is 10.2. The highest BCUT2D eigenvalue weighted by Crippen LogP contribution is 2.21. The minimum absolute atomic E-state index is 0.186. The molecule has 3 rings (SSSR count). The smallest absolute Gasteiger partial charge is 0.268 e. The van der Waals surface area contributed by atoms with Crippen molar-refractivity contribution in [2.24, 2.45) is 0 Å². The molecule has 0 unspecified atom stereocenters. The normalized spacial score (nSPS) is 10.8. The zero-order valence-electron chi connectivity index (χ0n) is 11.1. The summed E-state index contributed by atoms with van der Waals surface area (Å²) in [6, 6.07) is 11.1. The highest BCUT2D eigenvalue weighted by Gasteiger charge is 2.11. The lowest BCUT2D eigenvalue weighted by molar-refractivity contribution is 0.0943. The number of aromatic amines is 1. The number of furan rings is 1. The van der Waals surface area contributed by atoms with E-state index in [0.29, 0.717) is 17.9 Å². The molecule has 5 heteroatoms. The molecule has 1 amide bonds. The molecule has 0 spiro atoms. The molecule has 2 heterocycles. The van der Waals surface area contributed by atoms with E-state index in [1.54, 1.807) is 12.1 Å². The quantitative estimate of drug-likeness (QED) is 0.639. The Hall–Kier alpha value is -2.69. The number of amides is 1. The van der Waals surface area contributed by atoms with Gasteiger partial charge in [0.05, 0.1) is 17.7 Å². The SMILES string of the molecule is Cc1ccc(CNC(=O)c2cc3cccc(N)c3[nH]2)o1. The van der Waals surface area contributed by atoms with Gasteiger partial charge in [-0.15, -0.1) is 0 Å². The van der Waals surface area contributed by atoms with Crippen LogP contribution in [0.4, 0.5) is 5.69 Å². The van der Waals surface area contributed by atoms with Gasteiger partial charge in [0.15, 0.2) is 0 Å². The van der Waals surface area contributed by atoms with Crippen LogP contribution in [0.3, 0.4) is 0 Å². The largest absolute Gasteiger partial charge is 0.465 e. The average molecular weight is 269 g/mol. The Labute approximate surface area is 115 Å². The number of rotatable bonds is 3. The molecule has 0 saturated heterocycles. The second-order valence-electron chi connectivity index (χ2n) is 4.69. The summed E-state index contributed by atoms with van der Waals surface area (Å²) in [5.41, 5.74) is 7.76. The summed E-state index contributed by atoms with van der Waals surface area (Å²) < 4.78 is 5.40. The summed E-state index contributed by atoms with van der Waals surface area (Å²) in [4.78, 5) is 15.1. The Kier molecular flexibility index (Phi) is 2.95. The number of nitrogen functional groups attached to an aromatic ring is 1. The standard InChI is InChI=1S/C15H15N3O2/c1-9-5-6-11(20-9)8-17-15(19)13-7-10-3-2-4-12(16)14(10)18-13/h2-7,18H,8,16H2,1H3,(H,17,19). The third-order valence-corrected chi connectivity index (χ3v) is 3.15. The molecule has 102 valence electrons. The third-order valence-electron chi connectivity index (χ3n) is 3.15. The number of nitrogens with two attached hydrogens (primary N) is 1. The van der Waals surface area contributed by atoms with Gasteiger partial charge >= 0.3 is 0 Å². The molecule has 0 saturated carbocycles. The molecule has 0 aliphatic rings. The summed E-state index contributed by atoms with van der Waals surface area (Å²) in [6.45, 7) is 2.23. The van der Waals surface area contributed by atoms with E-state index in [1.807, 2.05) is 31.2 Å². The molecule has 0 aliphatic heterocycles. The molecule has 0 bridgehead atoms. The summed E-state index contributed by atoms with van der Waals surface area (Å²) >= 11 is 0. The van der Waals surface area contributed by atoms with E-state index < -0.39 is 0 Å². The van der Waals surface area contributed by atoms with Crippen molar-refractivity contribution in [3.63, 3.8) is 0 Å². The second kappa shape index (κ2) is 4.77. The van der Waals surface area contributed by atoms with Crippen LogP contribution in [-0.4, -0.2) is 10.9 Å². The predicted octanol–water partition coefficient (Wildman–Crippen LogP) is 2.58. The molecular weight excluding hydrogens is 254 g/mol. The third kappa shape index (κ3) is 2.25. The van der Waals surface area contributed by atoms with Gasteiger partial charge in [-0.25, -0.2) is 0 Å². The molecule has 0 atom stereocenters. The van der Waals surface area contributed by atoms with E-state index in [-0.39, 0.29) is 5.91 Å². The van der Waals surface area contributed by atoms with Crippen LogP contribution < -0.4 is 11.1 Å². The maximum absolute atomic E-state index is 12.1. The highest BCUT2D eigenvalue weighted by atomic mass is 16.3. The number of H-pyrrole nitrogens is 1. The van der Waals surface area contributed by atoms with Gasteiger partial charge in [-0.05, 0) is 31.2 Å². The minimum atomic E-state index is -0.186. The number of aromatic nitrogens is 1. The summed E-state index contributed by atoms with van der Waals surface area (Å²) in [5, 5.41) is 3.72. The molecular formula is C15H15N3O2. The van der Waals surface area contributed by atoms with Crippen LogP contribution in [0.2, 0.25) is 0 Å². The fourth-order valence-corrected chi connectivity index (χ4v) is 2.14. The lowest BCUT2D eigenvalue weighted by Crippen LogP contribution is -2.22. The van der Waals surface area contributed by atoms with Crippen LogP contribution in [0.1, 0.15) is 22.0 Å². The predicted molar refractivity (Wildman–Crippen MR) is 77.3 cm³/mol. The van der Waals surface area contributed by atoms with Gasteiger partial charge in [0.2, 0.25) is 0 Å². The molecule has 4 N–H and O–H groups in total. The summed E-state index contributed by atoms with van der Waals surface area (Å²) in [7, 11) is 0. The van der Waals surface area contributed by atoms with Crippen molar-refractivity contribution >= 4 is 22.5 Å². The first kappa shape index (κ1) is 12.3. The summed E-state index contributed by atoms with van der Waals surface area (Å²) in [5.74, 6) is 1.37. The molecule has 0 aliphatic carbocycles. The van der Waals surface area contributed by atoms with Crippen molar-refractivity contribution in [2.75, 3.05) is 5.73 Å². The topological polar surface area (TPSA) is 84.0 Å². The number of aryl methyl sites for hydroxylation is 1. The van der Waals surface area contributed by atoms with Gasteiger partial charge in [0, 0.05) is 5.39 Å². The van der Waals surface area contributed by atoms with Crippen molar-refractivity contribution in [1.82, 2.24) is 10.3 Å². The van der Waals surface area contributed by atoms with Crippen LogP contribution in [0.15, 0.2) is 40.8 Å². The first-order valence-corrected chi connectivity index (χ1v) is 6.34. The highest BCUT2D eigenvalue weighted by molar-refractivity contribution is 6.00. The zero-order valence-corrected chi connectivity index (χ0v) is 11.1. The molecule has 1 aromatic carbocycles. The summed E-state index contributed by atoms with van der Waals surface area (Å²) in [6.07, 6.45) is 0. The van der Waals surface area contributed by atoms with E-state index in [1.165, 1.54) is 0 Å². The van der Waals surface area contributed by atoms with Crippen molar-refractivity contribution in [3.05, 3.63) is 53.6 Å². The van der Waals surface area contributed by atoms with Crippen LogP contribution in [0.25, 0.3) is 10.9 Å². The number of carbonyl (C=O) groups is 1. The number of hydrogen-bond donors (Lipinski definition) is 3. The second-order valence-corrected chi connectivity index (χ2v) is 4.69.